The van der Waals surface area contributed by atoms with Crippen LogP contribution in [0.3, 0.4) is 0 Å². The van der Waals surface area contributed by atoms with Crippen LogP contribution >= 0.6 is 0 Å². The van der Waals surface area contributed by atoms with Gasteiger partial charge in [-0.2, -0.15) is 0 Å². The molecule has 1 atom stereocenters. The van der Waals surface area contributed by atoms with E-state index in [0.29, 0.717) is 17.9 Å². The van der Waals surface area contributed by atoms with Gasteiger partial charge < -0.3 is 19.7 Å². The zero-order valence-electron chi connectivity index (χ0n) is 10.6. The molecule has 0 fully saturated rings. The molecule has 0 bridgehead atoms. The highest BCUT2D eigenvalue weighted by Crippen LogP contribution is 2.36. The van der Waals surface area contributed by atoms with Crippen molar-refractivity contribution in [1.29, 1.82) is 0 Å². The molecule has 2 heterocycles. The van der Waals surface area contributed by atoms with E-state index in [1.54, 1.807) is 24.5 Å². The average Bonchev–Trinajstić information content (AvgIpc) is 2.97. The molecule has 4 heteroatoms. The molecule has 0 aliphatic heterocycles. The molecule has 98 valence electrons. The minimum Gasteiger partial charge on any atom is -0.508 e. The molecule has 0 spiro atoms. The first-order valence-electron chi connectivity index (χ1n) is 6.19. The first kappa shape index (κ1) is 11.9. The van der Waals surface area contributed by atoms with Crippen LogP contribution in [-0.4, -0.2) is 11.1 Å². The normalized spacial score (nSPS) is 12.9. The lowest BCUT2D eigenvalue weighted by atomic mass is 10.0. The highest BCUT2D eigenvalue weighted by Gasteiger charge is 2.19. The van der Waals surface area contributed by atoms with Crippen molar-refractivity contribution in [2.75, 3.05) is 0 Å². The zero-order chi connectivity index (χ0) is 13.4. The van der Waals surface area contributed by atoms with Crippen LogP contribution in [0.5, 0.6) is 5.75 Å². The van der Waals surface area contributed by atoms with Crippen LogP contribution in [0, 0.1) is 0 Å². The maximum absolute atomic E-state index is 9.63. The van der Waals surface area contributed by atoms with E-state index < -0.39 is 0 Å². The first-order chi connectivity index (χ1) is 9.15. The molecule has 0 radical (unpaired) electrons. The molecule has 0 aliphatic carbocycles. The van der Waals surface area contributed by atoms with Gasteiger partial charge in [0.15, 0.2) is 11.5 Å². The third kappa shape index (κ3) is 2.11. The largest absolute Gasteiger partial charge is 0.508 e. The van der Waals surface area contributed by atoms with Crippen molar-refractivity contribution < 1.29 is 13.9 Å². The zero-order valence-corrected chi connectivity index (χ0v) is 10.6. The van der Waals surface area contributed by atoms with Crippen molar-refractivity contribution >= 4 is 11.0 Å². The van der Waals surface area contributed by atoms with Gasteiger partial charge in [0.05, 0.1) is 6.26 Å². The third-order valence-electron chi connectivity index (χ3n) is 3.05. The summed E-state index contributed by atoms with van der Waals surface area (Å²) in [6.07, 6.45) is 2.27. The molecule has 19 heavy (non-hydrogen) atoms. The van der Waals surface area contributed by atoms with Crippen molar-refractivity contribution in [1.82, 2.24) is 0 Å². The molecule has 0 aliphatic rings. The summed E-state index contributed by atoms with van der Waals surface area (Å²) >= 11 is 0. The van der Waals surface area contributed by atoms with Crippen LogP contribution in [0.4, 0.5) is 0 Å². The molecule has 2 aromatic heterocycles. The number of hydrogen-bond donors (Lipinski definition) is 2. The van der Waals surface area contributed by atoms with Gasteiger partial charge in [0.2, 0.25) is 0 Å². The second kappa shape index (κ2) is 4.48. The summed E-state index contributed by atoms with van der Waals surface area (Å²) in [6.45, 7) is 1.94. The highest BCUT2D eigenvalue weighted by atomic mass is 16.4. The Labute approximate surface area is 110 Å². The van der Waals surface area contributed by atoms with Crippen LogP contribution < -0.4 is 5.73 Å². The lowest BCUT2D eigenvalue weighted by molar-refractivity contribution is 0.476. The van der Waals surface area contributed by atoms with Crippen LogP contribution in [0.1, 0.15) is 12.5 Å². The van der Waals surface area contributed by atoms with Gasteiger partial charge in [0.1, 0.15) is 11.3 Å². The minimum atomic E-state index is -0.00291. The quantitative estimate of drug-likeness (QED) is 0.755. The summed E-state index contributed by atoms with van der Waals surface area (Å²) in [5, 5.41) is 10.5. The smallest absolute Gasteiger partial charge is 0.173 e. The van der Waals surface area contributed by atoms with Crippen LogP contribution in [0.2, 0.25) is 0 Å². The standard InChI is InChI=1S/C15H15NO3/c1-9(16)7-12-11-8-10(17)4-5-13(11)19-15(12)14-3-2-6-18-14/h2-6,8-9,17H,7,16H2,1H3. The molecule has 0 amide bonds. The Morgan fingerprint density at radius 2 is 2.16 bits per heavy atom. The predicted octanol–water partition coefficient (Wildman–Crippen LogP) is 3.29. The lowest BCUT2D eigenvalue weighted by Gasteiger charge is -2.05. The van der Waals surface area contributed by atoms with Gasteiger partial charge in [-0.1, -0.05) is 0 Å². The topological polar surface area (TPSA) is 72.5 Å². The molecule has 3 rings (SSSR count). The number of rotatable bonds is 3. The Kier molecular flexibility index (Phi) is 2.80. The number of furan rings is 2. The number of phenols is 1. The van der Waals surface area contributed by atoms with Crippen LogP contribution in [0.15, 0.2) is 45.4 Å². The second-order valence-electron chi connectivity index (χ2n) is 4.75. The molecule has 3 N–H and O–H groups in total. The van der Waals surface area contributed by atoms with Crippen molar-refractivity contribution in [3.8, 4) is 17.3 Å². The van der Waals surface area contributed by atoms with E-state index in [1.165, 1.54) is 0 Å². The third-order valence-corrected chi connectivity index (χ3v) is 3.05. The number of aromatic hydroxyl groups is 1. The number of benzene rings is 1. The molecule has 0 saturated carbocycles. The predicted molar refractivity (Wildman–Crippen MR) is 72.9 cm³/mol. The van der Waals surface area contributed by atoms with E-state index in [2.05, 4.69) is 0 Å². The number of phenolic OH excluding ortho intramolecular Hbond substituents is 1. The van der Waals surface area contributed by atoms with E-state index in [9.17, 15) is 5.11 Å². The van der Waals surface area contributed by atoms with Gasteiger partial charge in [-0.25, -0.2) is 0 Å². The van der Waals surface area contributed by atoms with Gasteiger partial charge in [0, 0.05) is 17.0 Å². The van der Waals surface area contributed by atoms with Crippen LogP contribution in [0.25, 0.3) is 22.5 Å². The van der Waals surface area contributed by atoms with E-state index in [4.69, 9.17) is 14.6 Å². The summed E-state index contributed by atoms with van der Waals surface area (Å²) in [7, 11) is 0. The van der Waals surface area contributed by atoms with E-state index in [0.717, 1.165) is 16.5 Å². The molecule has 1 unspecified atom stereocenters. The summed E-state index contributed by atoms with van der Waals surface area (Å²) in [4.78, 5) is 0. The number of nitrogens with two attached hydrogens (primary N) is 1. The second-order valence-corrected chi connectivity index (χ2v) is 4.75. The van der Waals surface area contributed by atoms with Crippen molar-refractivity contribution in [2.45, 2.75) is 19.4 Å². The van der Waals surface area contributed by atoms with Crippen molar-refractivity contribution in [3.05, 3.63) is 42.2 Å². The fourth-order valence-electron chi connectivity index (χ4n) is 2.27. The monoisotopic (exact) mass is 257 g/mol. The summed E-state index contributed by atoms with van der Waals surface area (Å²) in [6, 6.07) is 8.72. The number of hydrogen-bond acceptors (Lipinski definition) is 4. The van der Waals surface area contributed by atoms with Crippen LogP contribution in [-0.2, 0) is 6.42 Å². The lowest BCUT2D eigenvalue weighted by Crippen LogP contribution is -2.17. The minimum absolute atomic E-state index is 0.00291. The van der Waals surface area contributed by atoms with E-state index in [-0.39, 0.29) is 11.8 Å². The molecule has 3 aromatic rings. The van der Waals surface area contributed by atoms with Gasteiger partial charge in [-0.05, 0) is 43.7 Å². The molecular weight excluding hydrogens is 242 g/mol. The van der Waals surface area contributed by atoms with E-state index >= 15 is 0 Å². The Bertz CT molecular complexity index is 696. The fraction of sp³-hybridized carbons (Fsp3) is 0.200. The Balaban J connectivity index is 2.25. The van der Waals surface area contributed by atoms with Gasteiger partial charge >= 0.3 is 0 Å². The SMILES string of the molecule is CC(N)Cc1c(-c2ccco2)oc2ccc(O)cc12. The fourth-order valence-corrected chi connectivity index (χ4v) is 2.27. The molecule has 4 nitrogen and oxygen atoms in total. The molecular formula is C15H15NO3. The summed E-state index contributed by atoms with van der Waals surface area (Å²) in [5.74, 6) is 1.57. The highest BCUT2D eigenvalue weighted by molar-refractivity contribution is 5.88. The summed E-state index contributed by atoms with van der Waals surface area (Å²) in [5.41, 5.74) is 7.59. The average molecular weight is 257 g/mol. The number of fused-ring (bicyclic) bond motifs is 1. The molecule has 0 saturated heterocycles. The Hall–Kier alpha value is -2.20. The Morgan fingerprint density at radius 3 is 2.84 bits per heavy atom. The Morgan fingerprint density at radius 1 is 1.32 bits per heavy atom. The van der Waals surface area contributed by atoms with Gasteiger partial charge in [0.25, 0.3) is 0 Å². The first-order valence-corrected chi connectivity index (χ1v) is 6.19. The van der Waals surface area contributed by atoms with Crippen molar-refractivity contribution in [3.63, 3.8) is 0 Å². The van der Waals surface area contributed by atoms with Crippen molar-refractivity contribution in [2.24, 2.45) is 5.73 Å². The van der Waals surface area contributed by atoms with Gasteiger partial charge in [-0.15, -0.1) is 0 Å². The summed E-state index contributed by atoms with van der Waals surface area (Å²) < 4.78 is 11.2. The molecule has 1 aromatic carbocycles. The maximum Gasteiger partial charge on any atom is 0.173 e. The maximum atomic E-state index is 9.63. The van der Waals surface area contributed by atoms with Gasteiger partial charge in [-0.3, -0.25) is 0 Å². The van der Waals surface area contributed by atoms with E-state index in [1.807, 2.05) is 19.1 Å².